The number of allylic oxidation sites excluding steroid dienone is 2. The van der Waals surface area contributed by atoms with Crippen LogP contribution in [0.3, 0.4) is 0 Å². The Morgan fingerprint density at radius 3 is 2.33 bits per heavy atom. The van der Waals surface area contributed by atoms with Crippen LogP contribution < -0.4 is 10.6 Å². The van der Waals surface area contributed by atoms with Gasteiger partial charge in [-0.1, -0.05) is 91.0 Å². The molecular formula is C39H43N3O7. The Kier molecular flexibility index (Phi) is 11.0. The fraction of sp³-hybridized carbons (Fsp3) is 0.385. The van der Waals surface area contributed by atoms with Gasteiger partial charge in [0.25, 0.3) is 0 Å². The number of fused-ring (bicyclic) bond motifs is 3. The lowest BCUT2D eigenvalue weighted by atomic mass is 9.98. The number of rotatable bonds is 7. The zero-order valence-electron chi connectivity index (χ0n) is 27.5. The number of hydrogen-bond acceptors (Lipinski definition) is 7. The van der Waals surface area contributed by atoms with Crippen molar-refractivity contribution in [3.8, 4) is 11.1 Å². The molecule has 49 heavy (non-hydrogen) atoms. The quantitative estimate of drug-likeness (QED) is 0.238. The number of aliphatic hydroxyl groups is 1. The van der Waals surface area contributed by atoms with Gasteiger partial charge in [-0.2, -0.15) is 0 Å². The van der Waals surface area contributed by atoms with Crippen LogP contribution in [-0.2, 0) is 23.9 Å². The van der Waals surface area contributed by atoms with E-state index in [0.717, 1.165) is 35.1 Å². The van der Waals surface area contributed by atoms with Crippen molar-refractivity contribution < 1.29 is 33.8 Å². The molecule has 3 N–H and O–H groups in total. The molecule has 4 atom stereocenters. The molecule has 1 saturated heterocycles. The van der Waals surface area contributed by atoms with Gasteiger partial charge in [-0.15, -0.1) is 0 Å². The first kappa shape index (κ1) is 33.9. The van der Waals surface area contributed by atoms with Crippen molar-refractivity contribution in [3.63, 3.8) is 0 Å². The molecule has 3 aromatic carbocycles. The van der Waals surface area contributed by atoms with Gasteiger partial charge in [0.05, 0.1) is 25.1 Å². The van der Waals surface area contributed by atoms with E-state index in [1.165, 1.54) is 0 Å². The number of carbonyl (C=O) groups excluding carboxylic acids is 4. The Morgan fingerprint density at radius 2 is 1.61 bits per heavy atom. The van der Waals surface area contributed by atoms with Crippen LogP contribution in [0, 0.1) is 5.92 Å². The van der Waals surface area contributed by atoms with Crippen molar-refractivity contribution in [2.24, 2.45) is 5.92 Å². The number of ether oxygens (including phenoxy) is 2. The first-order chi connectivity index (χ1) is 23.9. The third kappa shape index (κ3) is 8.03. The van der Waals surface area contributed by atoms with E-state index in [0.29, 0.717) is 24.9 Å². The first-order valence-corrected chi connectivity index (χ1v) is 17.1. The monoisotopic (exact) mass is 665 g/mol. The van der Waals surface area contributed by atoms with E-state index in [4.69, 9.17) is 9.47 Å². The molecule has 0 saturated carbocycles. The third-order valence-electron chi connectivity index (χ3n) is 9.72. The topological polar surface area (TPSA) is 134 Å². The summed E-state index contributed by atoms with van der Waals surface area (Å²) in [6, 6.07) is 24.0. The molecule has 3 aliphatic rings. The predicted molar refractivity (Wildman–Crippen MR) is 183 cm³/mol. The Labute approximate surface area is 286 Å². The number of esters is 1. The lowest BCUT2D eigenvalue weighted by Crippen LogP contribution is -2.44. The minimum absolute atomic E-state index is 0.00836. The molecule has 2 aliphatic heterocycles. The Morgan fingerprint density at radius 1 is 0.918 bits per heavy atom. The Bertz CT molecular complexity index is 1630. The van der Waals surface area contributed by atoms with Crippen molar-refractivity contribution in [1.29, 1.82) is 0 Å². The third-order valence-corrected chi connectivity index (χ3v) is 9.72. The van der Waals surface area contributed by atoms with Crippen LogP contribution >= 0.6 is 0 Å². The molecule has 2 heterocycles. The molecule has 6 rings (SSSR count). The number of likely N-dealkylation sites (tertiary alicyclic amines) is 1. The van der Waals surface area contributed by atoms with Crippen LogP contribution in [0.5, 0.6) is 0 Å². The molecule has 1 aliphatic carbocycles. The highest BCUT2D eigenvalue weighted by Crippen LogP contribution is 2.44. The van der Waals surface area contributed by atoms with Crippen LogP contribution in [0.25, 0.3) is 11.1 Å². The van der Waals surface area contributed by atoms with Gasteiger partial charge in [0.2, 0.25) is 11.8 Å². The largest absolute Gasteiger partial charge is 0.454 e. The number of amides is 3. The minimum atomic E-state index is -0.995. The number of alkyl carbamates (subject to hydrolysis) is 1. The number of hydrogen-bond donors (Lipinski definition) is 3. The number of carbonyl (C=O) groups is 4. The highest BCUT2D eigenvalue weighted by molar-refractivity contribution is 5.86. The smallest absolute Gasteiger partial charge is 0.407 e. The molecule has 0 bridgehead atoms. The molecule has 0 aromatic heterocycles. The maximum Gasteiger partial charge on any atom is 0.407 e. The maximum atomic E-state index is 13.6. The van der Waals surface area contributed by atoms with Gasteiger partial charge in [0.1, 0.15) is 18.8 Å². The second kappa shape index (κ2) is 16.0. The summed E-state index contributed by atoms with van der Waals surface area (Å²) in [5.41, 5.74) is 5.09. The minimum Gasteiger partial charge on any atom is -0.454 e. The highest BCUT2D eigenvalue weighted by Gasteiger charge is 2.33. The number of benzene rings is 3. The number of nitrogens with zero attached hydrogens (tertiary/aromatic N) is 1. The van der Waals surface area contributed by atoms with Crippen LogP contribution in [-0.4, -0.2) is 72.3 Å². The average Bonchev–Trinajstić information content (AvgIpc) is 3.74. The maximum absolute atomic E-state index is 13.6. The zero-order chi connectivity index (χ0) is 34.2. The van der Waals surface area contributed by atoms with E-state index in [1.54, 1.807) is 17.0 Å². The predicted octanol–water partition coefficient (Wildman–Crippen LogP) is 5.02. The van der Waals surface area contributed by atoms with E-state index in [1.807, 2.05) is 66.7 Å². The summed E-state index contributed by atoms with van der Waals surface area (Å²) in [7, 11) is 0. The van der Waals surface area contributed by atoms with E-state index >= 15 is 0 Å². The average molecular weight is 666 g/mol. The van der Waals surface area contributed by atoms with Crippen molar-refractivity contribution in [2.45, 2.75) is 62.6 Å². The summed E-state index contributed by atoms with van der Waals surface area (Å²) < 4.78 is 11.7. The summed E-state index contributed by atoms with van der Waals surface area (Å²) in [5.74, 6) is -1.87. The molecule has 0 radical (unpaired) electrons. The van der Waals surface area contributed by atoms with Crippen molar-refractivity contribution in [3.05, 3.63) is 108 Å². The van der Waals surface area contributed by atoms with Gasteiger partial charge in [0, 0.05) is 18.9 Å². The molecule has 0 unspecified atom stereocenters. The van der Waals surface area contributed by atoms with Crippen molar-refractivity contribution in [1.82, 2.24) is 15.5 Å². The number of aliphatic hydroxyl groups excluding tert-OH is 1. The lowest BCUT2D eigenvalue weighted by molar-refractivity contribution is -0.152. The summed E-state index contributed by atoms with van der Waals surface area (Å²) in [5, 5.41) is 15.3. The highest BCUT2D eigenvalue weighted by atomic mass is 16.6. The van der Waals surface area contributed by atoms with Crippen molar-refractivity contribution in [2.75, 3.05) is 26.3 Å². The van der Waals surface area contributed by atoms with E-state index in [2.05, 4.69) is 22.8 Å². The molecule has 10 heteroatoms. The normalized spacial score (nSPS) is 22.8. The second-order valence-corrected chi connectivity index (χ2v) is 12.9. The van der Waals surface area contributed by atoms with Crippen molar-refractivity contribution >= 4 is 23.9 Å². The molecule has 0 spiro atoms. The fourth-order valence-electron chi connectivity index (χ4n) is 7.09. The first-order valence-electron chi connectivity index (χ1n) is 17.1. The Hall–Kier alpha value is -4.96. The lowest BCUT2D eigenvalue weighted by Gasteiger charge is -2.26. The van der Waals surface area contributed by atoms with Crippen LogP contribution in [0.1, 0.15) is 67.2 Å². The van der Waals surface area contributed by atoms with E-state index in [9.17, 15) is 24.3 Å². The van der Waals surface area contributed by atoms with Gasteiger partial charge >= 0.3 is 12.1 Å². The molecule has 256 valence electrons. The van der Waals surface area contributed by atoms with Gasteiger partial charge in [-0.25, -0.2) is 9.59 Å². The molecule has 10 nitrogen and oxygen atoms in total. The van der Waals surface area contributed by atoms with Gasteiger partial charge < -0.3 is 30.1 Å². The van der Waals surface area contributed by atoms with Crippen LogP contribution in [0.4, 0.5) is 4.79 Å². The Balaban J connectivity index is 1.14. The number of nitrogens with one attached hydrogen (secondary N) is 2. The molecule has 1 fully saturated rings. The molecular weight excluding hydrogens is 622 g/mol. The summed E-state index contributed by atoms with van der Waals surface area (Å²) in [6.45, 7) is 0.566. The molecule has 3 amide bonds. The fourth-order valence-corrected chi connectivity index (χ4v) is 7.09. The van der Waals surface area contributed by atoms with E-state index < -0.39 is 30.1 Å². The van der Waals surface area contributed by atoms with Gasteiger partial charge in [-0.3, -0.25) is 9.59 Å². The standard InChI is InChI=1S/C39H43N3O7/c43-24-28-15-11-21-42(28)36(44)22-27-14-5-2-6-20-34(38(46)49-35(23-40-37(27)45)26-12-3-1-4-13-26)41-39(47)48-25-33-31-18-9-7-16-29(31)30-17-8-10-19-32(30)33/h1-5,7-10,12-13,16-19,27-28,33-35,43H,6,11,14-15,20-25H2,(H,40,45)(H,41,47)/t27-,28+,34+,35+/m1/s1. The summed E-state index contributed by atoms with van der Waals surface area (Å²) in [4.78, 5) is 55.1. The van der Waals surface area contributed by atoms with Crippen LogP contribution in [0.15, 0.2) is 91.0 Å². The molecule has 3 aromatic rings. The van der Waals surface area contributed by atoms with Crippen LogP contribution in [0.2, 0.25) is 0 Å². The SMILES string of the molecule is O=C(N[C@H]1CCC=CC[C@H](CC(=O)N2CCC[C@H]2CO)C(=O)NC[C@@H](c2ccccc2)OC1=O)OCC1c2ccccc2-c2ccccc21. The zero-order valence-corrected chi connectivity index (χ0v) is 27.5. The number of cyclic esters (lactones) is 1. The van der Waals surface area contributed by atoms with Gasteiger partial charge in [0.15, 0.2) is 0 Å². The summed E-state index contributed by atoms with van der Waals surface area (Å²) >= 11 is 0. The summed E-state index contributed by atoms with van der Waals surface area (Å²) in [6.07, 6.45) is 4.71. The van der Waals surface area contributed by atoms with Gasteiger partial charge in [-0.05, 0) is 59.9 Å². The van der Waals surface area contributed by atoms with E-state index in [-0.39, 0.29) is 56.4 Å². The second-order valence-electron chi connectivity index (χ2n) is 12.9.